The molecule has 0 spiro atoms. The van der Waals surface area contributed by atoms with Crippen molar-refractivity contribution in [3.05, 3.63) is 58.7 Å². The zero-order valence-electron chi connectivity index (χ0n) is 11.9. The first-order valence-electron chi connectivity index (χ1n) is 6.68. The van der Waals surface area contributed by atoms with Gasteiger partial charge in [-0.3, -0.25) is 4.79 Å². The minimum absolute atomic E-state index is 0.0828. The van der Waals surface area contributed by atoms with Crippen molar-refractivity contribution < 1.29 is 14.7 Å². The summed E-state index contributed by atoms with van der Waals surface area (Å²) in [5.74, 6) is -1.10. The molecule has 4 nitrogen and oxygen atoms in total. The molecule has 2 aromatic rings. The summed E-state index contributed by atoms with van der Waals surface area (Å²) in [5.41, 5.74) is 4.01. The molecule has 21 heavy (non-hydrogen) atoms. The van der Waals surface area contributed by atoms with Gasteiger partial charge in [0, 0.05) is 17.7 Å². The molecule has 0 radical (unpaired) electrons. The van der Waals surface area contributed by atoms with Gasteiger partial charge in [-0.25, -0.2) is 4.79 Å². The summed E-state index contributed by atoms with van der Waals surface area (Å²) in [7, 11) is 3.91. The molecule has 106 valence electrons. The quantitative estimate of drug-likeness (QED) is 0.802. The van der Waals surface area contributed by atoms with Crippen molar-refractivity contribution in [3.8, 4) is 11.1 Å². The lowest BCUT2D eigenvalue weighted by Gasteiger charge is -2.12. The molecule has 2 aromatic carbocycles. The molecule has 0 bridgehead atoms. The van der Waals surface area contributed by atoms with Crippen LogP contribution in [0.15, 0.2) is 36.4 Å². The van der Waals surface area contributed by atoms with Gasteiger partial charge in [0.05, 0.1) is 5.56 Å². The van der Waals surface area contributed by atoms with Crippen molar-refractivity contribution in [2.75, 3.05) is 14.1 Å². The normalized spacial score (nSPS) is 12.4. The van der Waals surface area contributed by atoms with E-state index in [1.807, 2.05) is 37.2 Å². The van der Waals surface area contributed by atoms with Crippen molar-refractivity contribution in [3.63, 3.8) is 0 Å². The van der Waals surface area contributed by atoms with Crippen LogP contribution < -0.4 is 0 Å². The predicted molar refractivity (Wildman–Crippen MR) is 79.7 cm³/mol. The second-order valence-electron chi connectivity index (χ2n) is 5.47. The lowest BCUT2D eigenvalue weighted by Crippen LogP contribution is -2.13. The van der Waals surface area contributed by atoms with Crippen molar-refractivity contribution in [1.29, 1.82) is 0 Å². The van der Waals surface area contributed by atoms with Crippen LogP contribution in [0.25, 0.3) is 11.1 Å². The second kappa shape index (κ2) is 4.82. The molecule has 3 rings (SSSR count). The van der Waals surface area contributed by atoms with Crippen molar-refractivity contribution in [1.82, 2.24) is 4.90 Å². The van der Waals surface area contributed by atoms with Gasteiger partial charge in [0.15, 0.2) is 5.78 Å². The summed E-state index contributed by atoms with van der Waals surface area (Å²) < 4.78 is 0. The largest absolute Gasteiger partial charge is 0.478 e. The topological polar surface area (TPSA) is 57.6 Å². The van der Waals surface area contributed by atoms with E-state index in [9.17, 15) is 9.59 Å². The third-order valence-corrected chi connectivity index (χ3v) is 3.67. The molecule has 0 saturated carbocycles. The molecule has 4 heteroatoms. The monoisotopic (exact) mass is 281 g/mol. The molecule has 0 fully saturated rings. The van der Waals surface area contributed by atoms with Crippen molar-refractivity contribution in [2.45, 2.75) is 6.54 Å². The summed E-state index contributed by atoms with van der Waals surface area (Å²) in [6.07, 6.45) is 0. The van der Waals surface area contributed by atoms with Gasteiger partial charge in [-0.2, -0.15) is 0 Å². The van der Waals surface area contributed by atoms with E-state index in [2.05, 4.69) is 0 Å². The minimum Gasteiger partial charge on any atom is -0.478 e. The zero-order chi connectivity index (χ0) is 15.1. The molecule has 0 unspecified atom stereocenters. The van der Waals surface area contributed by atoms with Crippen LogP contribution in [0, 0.1) is 0 Å². The predicted octanol–water partition coefficient (Wildman–Crippen LogP) is 2.66. The van der Waals surface area contributed by atoms with Crippen LogP contribution in [0.3, 0.4) is 0 Å². The van der Waals surface area contributed by atoms with E-state index >= 15 is 0 Å². The van der Waals surface area contributed by atoms with E-state index in [0.717, 1.165) is 16.7 Å². The molecule has 0 heterocycles. The van der Waals surface area contributed by atoms with E-state index in [-0.39, 0.29) is 11.3 Å². The Morgan fingerprint density at radius 1 is 1.10 bits per heavy atom. The van der Waals surface area contributed by atoms with E-state index < -0.39 is 5.97 Å². The number of aromatic carboxylic acids is 1. The number of carbonyl (C=O) groups is 2. The molecule has 1 N–H and O–H groups in total. The Balaban J connectivity index is 2.17. The Labute approximate surface area is 122 Å². The van der Waals surface area contributed by atoms with Crippen LogP contribution in [0.1, 0.15) is 31.8 Å². The van der Waals surface area contributed by atoms with E-state index in [1.54, 1.807) is 12.1 Å². The van der Waals surface area contributed by atoms with Crippen LogP contribution in [0.2, 0.25) is 0 Å². The molecule has 0 amide bonds. The van der Waals surface area contributed by atoms with E-state index in [1.165, 1.54) is 6.07 Å². The average molecular weight is 281 g/mol. The first kappa shape index (κ1) is 13.5. The molecule has 1 aliphatic carbocycles. The number of carboxylic acids is 1. The van der Waals surface area contributed by atoms with Crippen LogP contribution in [-0.2, 0) is 6.54 Å². The highest BCUT2D eigenvalue weighted by Gasteiger charge is 2.29. The summed E-state index contributed by atoms with van der Waals surface area (Å²) >= 11 is 0. The fourth-order valence-electron chi connectivity index (χ4n) is 2.80. The maximum absolute atomic E-state index is 12.7. The highest BCUT2D eigenvalue weighted by molar-refractivity contribution is 6.23. The van der Waals surface area contributed by atoms with Crippen LogP contribution >= 0.6 is 0 Å². The van der Waals surface area contributed by atoms with Crippen LogP contribution in [0.4, 0.5) is 0 Å². The van der Waals surface area contributed by atoms with Crippen molar-refractivity contribution in [2.24, 2.45) is 0 Å². The lowest BCUT2D eigenvalue weighted by atomic mass is 10.0. The second-order valence-corrected chi connectivity index (χ2v) is 5.47. The highest BCUT2D eigenvalue weighted by atomic mass is 16.4. The third-order valence-electron chi connectivity index (χ3n) is 3.67. The summed E-state index contributed by atoms with van der Waals surface area (Å²) in [5, 5.41) is 9.07. The first-order valence-corrected chi connectivity index (χ1v) is 6.68. The van der Waals surface area contributed by atoms with E-state index in [4.69, 9.17) is 5.11 Å². The molecule has 1 aliphatic rings. The minimum atomic E-state index is -1.02. The van der Waals surface area contributed by atoms with E-state index in [0.29, 0.717) is 17.7 Å². The average Bonchev–Trinajstić information content (AvgIpc) is 2.72. The summed E-state index contributed by atoms with van der Waals surface area (Å²) in [6.45, 7) is 0.675. The highest BCUT2D eigenvalue weighted by Crippen LogP contribution is 2.38. The summed E-state index contributed by atoms with van der Waals surface area (Å²) in [6, 6.07) is 10.5. The van der Waals surface area contributed by atoms with Gasteiger partial charge in [0.25, 0.3) is 0 Å². The number of nitrogens with zero attached hydrogens (tertiary/aromatic N) is 1. The van der Waals surface area contributed by atoms with Crippen LogP contribution in [-0.4, -0.2) is 35.9 Å². The molecule has 0 aliphatic heterocycles. The van der Waals surface area contributed by atoms with Gasteiger partial charge in [0.2, 0.25) is 0 Å². The lowest BCUT2D eigenvalue weighted by molar-refractivity contribution is 0.0697. The van der Waals surface area contributed by atoms with Gasteiger partial charge >= 0.3 is 5.97 Å². The zero-order valence-corrected chi connectivity index (χ0v) is 11.9. The van der Waals surface area contributed by atoms with Gasteiger partial charge < -0.3 is 10.0 Å². The first-order chi connectivity index (χ1) is 9.99. The number of hydrogen-bond donors (Lipinski definition) is 1. The summed E-state index contributed by atoms with van der Waals surface area (Å²) in [4.78, 5) is 25.7. The number of carbonyl (C=O) groups excluding carboxylic acids is 1. The Bertz CT molecular complexity index is 763. The van der Waals surface area contributed by atoms with Gasteiger partial charge in [0.1, 0.15) is 0 Å². The smallest absolute Gasteiger partial charge is 0.335 e. The number of rotatable bonds is 3. The van der Waals surface area contributed by atoms with Crippen molar-refractivity contribution >= 4 is 11.8 Å². The molecule has 0 saturated heterocycles. The number of benzene rings is 2. The molecular weight excluding hydrogens is 266 g/mol. The number of hydrogen-bond acceptors (Lipinski definition) is 3. The van der Waals surface area contributed by atoms with Gasteiger partial charge in [-0.1, -0.05) is 24.3 Å². The molecular formula is C17H15NO3. The maximum atomic E-state index is 12.7. The Morgan fingerprint density at radius 2 is 1.86 bits per heavy atom. The number of fused-ring (bicyclic) bond motifs is 3. The fourth-order valence-corrected chi connectivity index (χ4v) is 2.80. The Kier molecular flexibility index (Phi) is 3.11. The number of carboxylic acid groups (broad SMARTS) is 1. The molecule has 0 aromatic heterocycles. The third kappa shape index (κ3) is 2.14. The fraction of sp³-hybridized carbons (Fsp3) is 0.176. The number of ketones is 1. The van der Waals surface area contributed by atoms with Gasteiger partial charge in [-0.05, 0) is 42.9 Å². The maximum Gasteiger partial charge on any atom is 0.335 e. The molecule has 0 atom stereocenters. The standard InChI is InChI=1S/C17H15NO3/c1-18(2)9-11-4-3-5-13-12-7-6-10(17(20)21)8-14(12)16(19)15(11)13/h3-8H,9H2,1-2H3,(H,20,21). The Morgan fingerprint density at radius 3 is 2.52 bits per heavy atom. The van der Waals surface area contributed by atoms with Gasteiger partial charge in [-0.15, -0.1) is 0 Å². The van der Waals surface area contributed by atoms with Crippen LogP contribution in [0.5, 0.6) is 0 Å². The Hall–Kier alpha value is -2.46. The SMILES string of the molecule is CN(C)Cc1cccc2c1C(=O)c1cc(C(=O)O)ccc1-2.